The second-order valence-corrected chi connectivity index (χ2v) is 6.28. The van der Waals surface area contributed by atoms with Gasteiger partial charge in [-0.25, -0.2) is 13.4 Å². The molecule has 21 heavy (non-hydrogen) atoms. The van der Waals surface area contributed by atoms with Gasteiger partial charge in [-0.3, -0.25) is 9.71 Å². The predicted octanol–water partition coefficient (Wildman–Crippen LogP) is 2.41. The smallest absolute Gasteiger partial charge is 0.262 e. The van der Waals surface area contributed by atoms with Crippen molar-refractivity contribution in [3.8, 4) is 0 Å². The lowest BCUT2D eigenvalue weighted by Crippen LogP contribution is -2.14. The van der Waals surface area contributed by atoms with Crippen LogP contribution >= 0.6 is 0 Å². The van der Waals surface area contributed by atoms with Gasteiger partial charge in [0, 0.05) is 30.7 Å². The van der Waals surface area contributed by atoms with Crippen molar-refractivity contribution in [2.24, 2.45) is 0 Å². The molecule has 0 aliphatic heterocycles. The Hall–Kier alpha value is -2.15. The Morgan fingerprint density at radius 3 is 2.62 bits per heavy atom. The van der Waals surface area contributed by atoms with Gasteiger partial charge in [0.2, 0.25) is 0 Å². The lowest BCUT2D eigenvalue weighted by atomic mass is 10.3. The Morgan fingerprint density at radius 2 is 1.90 bits per heavy atom. The number of aromatic nitrogens is 2. The van der Waals surface area contributed by atoms with E-state index in [1.165, 1.54) is 18.3 Å². The number of nitrogens with zero attached hydrogens (tertiary/aromatic N) is 2. The first-order valence-electron chi connectivity index (χ1n) is 6.66. The van der Waals surface area contributed by atoms with Crippen LogP contribution in [0.3, 0.4) is 0 Å². The van der Waals surface area contributed by atoms with Gasteiger partial charge in [-0.1, -0.05) is 6.92 Å². The maximum absolute atomic E-state index is 12.4. The van der Waals surface area contributed by atoms with E-state index in [4.69, 9.17) is 0 Å². The lowest BCUT2D eigenvalue weighted by Gasteiger charge is -2.10. The van der Waals surface area contributed by atoms with E-state index in [-0.39, 0.29) is 4.90 Å². The van der Waals surface area contributed by atoms with Crippen LogP contribution in [0.15, 0.2) is 41.6 Å². The summed E-state index contributed by atoms with van der Waals surface area (Å²) >= 11 is 0. The second-order valence-electron chi connectivity index (χ2n) is 4.59. The molecule has 0 unspecified atom stereocenters. The van der Waals surface area contributed by atoms with Crippen LogP contribution in [0.2, 0.25) is 0 Å². The van der Waals surface area contributed by atoms with Crippen molar-refractivity contribution in [1.29, 1.82) is 0 Å². The molecule has 0 saturated heterocycles. The third kappa shape index (κ3) is 4.16. The molecule has 0 amide bonds. The number of nitrogens with one attached hydrogen (secondary N) is 2. The SMILES string of the molecule is CCCNc1cc(S(=O)(=O)Nc2ccnc(C)c2)ccn1. The summed E-state index contributed by atoms with van der Waals surface area (Å²) in [7, 11) is -3.64. The van der Waals surface area contributed by atoms with Crippen molar-refractivity contribution in [2.75, 3.05) is 16.6 Å². The molecule has 2 aromatic heterocycles. The van der Waals surface area contributed by atoms with Gasteiger partial charge in [-0.05, 0) is 31.5 Å². The minimum absolute atomic E-state index is 0.172. The summed E-state index contributed by atoms with van der Waals surface area (Å²) in [4.78, 5) is 8.31. The van der Waals surface area contributed by atoms with Gasteiger partial charge in [0.1, 0.15) is 5.82 Å². The Bertz CT molecular complexity index is 716. The molecule has 2 N–H and O–H groups in total. The predicted molar refractivity (Wildman–Crippen MR) is 82.8 cm³/mol. The highest BCUT2D eigenvalue weighted by Crippen LogP contribution is 2.17. The van der Waals surface area contributed by atoms with Crippen LogP contribution in [0.5, 0.6) is 0 Å². The molecular formula is C14H18N4O2S. The number of sulfonamides is 1. The summed E-state index contributed by atoms with van der Waals surface area (Å²) in [6, 6.07) is 6.27. The zero-order valence-electron chi connectivity index (χ0n) is 12.0. The summed E-state index contributed by atoms with van der Waals surface area (Å²) in [6.45, 7) is 4.57. The van der Waals surface area contributed by atoms with Gasteiger partial charge in [0.25, 0.3) is 10.0 Å². The molecule has 0 saturated carbocycles. The second kappa shape index (κ2) is 6.53. The van der Waals surface area contributed by atoms with Crippen molar-refractivity contribution in [3.63, 3.8) is 0 Å². The molecule has 0 bridgehead atoms. The molecule has 0 aromatic carbocycles. The van der Waals surface area contributed by atoms with Gasteiger partial charge >= 0.3 is 0 Å². The molecule has 0 fully saturated rings. The number of pyridine rings is 2. The minimum Gasteiger partial charge on any atom is -0.370 e. The van der Waals surface area contributed by atoms with Crippen LogP contribution in [0, 0.1) is 6.92 Å². The van der Waals surface area contributed by atoms with Crippen LogP contribution in [0.4, 0.5) is 11.5 Å². The first kappa shape index (κ1) is 15.2. The quantitative estimate of drug-likeness (QED) is 0.856. The van der Waals surface area contributed by atoms with E-state index in [1.807, 2.05) is 6.92 Å². The summed E-state index contributed by atoms with van der Waals surface area (Å²) in [5.41, 5.74) is 1.23. The highest BCUT2D eigenvalue weighted by Gasteiger charge is 2.15. The summed E-state index contributed by atoms with van der Waals surface area (Å²) < 4.78 is 27.2. The van der Waals surface area contributed by atoms with Crippen LogP contribution in [-0.4, -0.2) is 24.9 Å². The Labute approximate surface area is 124 Å². The van der Waals surface area contributed by atoms with Crippen molar-refractivity contribution in [1.82, 2.24) is 9.97 Å². The largest absolute Gasteiger partial charge is 0.370 e. The van der Waals surface area contributed by atoms with Gasteiger partial charge in [-0.15, -0.1) is 0 Å². The fraction of sp³-hybridized carbons (Fsp3) is 0.286. The molecule has 0 atom stereocenters. The van der Waals surface area contributed by atoms with E-state index in [0.717, 1.165) is 18.7 Å². The molecule has 2 heterocycles. The first-order chi connectivity index (χ1) is 10.0. The van der Waals surface area contributed by atoms with Crippen molar-refractivity contribution in [3.05, 3.63) is 42.4 Å². The third-order valence-corrected chi connectivity index (χ3v) is 4.13. The highest BCUT2D eigenvalue weighted by atomic mass is 32.2. The summed E-state index contributed by atoms with van der Waals surface area (Å²) in [5.74, 6) is 0.547. The Morgan fingerprint density at radius 1 is 1.14 bits per heavy atom. The molecule has 112 valence electrons. The number of rotatable bonds is 6. The molecule has 2 rings (SSSR count). The molecule has 0 spiro atoms. The maximum atomic E-state index is 12.4. The number of hydrogen-bond acceptors (Lipinski definition) is 5. The highest BCUT2D eigenvalue weighted by molar-refractivity contribution is 7.92. The maximum Gasteiger partial charge on any atom is 0.262 e. The van der Waals surface area contributed by atoms with Gasteiger partial charge in [-0.2, -0.15) is 0 Å². The average Bonchev–Trinajstić information content (AvgIpc) is 2.45. The van der Waals surface area contributed by atoms with Crippen molar-refractivity contribution >= 4 is 21.5 Å². The number of aryl methyl sites for hydroxylation is 1. The standard InChI is InChI=1S/C14H18N4O2S/c1-3-6-16-14-10-13(5-8-17-14)21(19,20)18-12-4-7-15-11(2)9-12/h4-5,7-10H,3,6H2,1-2H3,(H,15,18)(H,16,17). The van der Waals surface area contributed by atoms with Crippen LogP contribution in [-0.2, 0) is 10.0 Å². The zero-order valence-corrected chi connectivity index (χ0v) is 12.8. The normalized spacial score (nSPS) is 11.1. The van der Waals surface area contributed by atoms with Gasteiger partial charge < -0.3 is 5.32 Å². The molecule has 6 nitrogen and oxygen atoms in total. The van der Waals surface area contributed by atoms with E-state index in [0.29, 0.717) is 11.5 Å². The molecule has 0 aliphatic carbocycles. The average molecular weight is 306 g/mol. The molecule has 2 aromatic rings. The van der Waals surface area contributed by atoms with E-state index in [2.05, 4.69) is 20.0 Å². The lowest BCUT2D eigenvalue weighted by molar-refractivity contribution is 0.601. The van der Waals surface area contributed by atoms with E-state index in [1.54, 1.807) is 25.3 Å². The third-order valence-electron chi connectivity index (χ3n) is 2.75. The monoisotopic (exact) mass is 306 g/mol. The van der Waals surface area contributed by atoms with Crippen LogP contribution in [0.25, 0.3) is 0 Å². The van der Waals surface area contributed by atoms with Gasteiger partial charge in [0.05, 0.1) is 10.6 Å². The number of anilines is 2. The van der Waals surface area contributed by atoms with Crippen LogP contribution in [0.1, 0.15) is 19.0 Å². The molecular weight excluding hydrogens is 288 g/mol. The Balaban J connectivity index is 2.23. The number of hydrogen-bond donors (Lipinski definition) is 2. The molecule has 0 aliphatic rings. The fourth-order valence-corrected chi connectivity index (χ4v) is 2.81. The zero-order chi connectivity index (χ0) is 15.3. The van der Waals surface area contributed by atoms with Crippen molar-refractivity contribution in [2.45, 2.75) is 25.2 Å². The fourth-order valence-electron chi connectivity index (χ4n) is 1.75. The van der Waals surface area contributed by atoms with Crippen molar-refractivity contribution < 1.29 is 8.42 Å². The first-order valence-corrected chi connectivity index (χ1v) is 8.15. The molecule has 0 radical (unpaired) electrons. The summed E-state index contributed by atoms with van der Waals surface area (Å²) in [5, 5.41) is 3.07. The van der Waals surface area contributed by atoms with E-state index < -0.39 is 10.0 Å². The Kier molecular flexibility index (Phi) is 4.74. The van der Waals surface area contributed by atoms with Gasteiger partial charge in [0.15, 0.2) is 0 Å². The summed E-state index contributed by atoms with van der Waals surface area (Å²) in [6.07, 6.45) is 3.98. The molecule has 7 heteroatoms. The van der Waals surface area contributed by atoms with Crippen LogP contribution < -0.4 is 10.0 Å². The minimum atomic E-state index is -3.64. The topological polar surface area (TPSA) is 84.0 Å². The van der Waals surface area contributed by atoms with E-state index >= 15 is 0 Å². The van der Waals surface area contributed by atoms with E-state index in [9.17, 15) is 8.42 Å².